The Morgan fingerprint density at radius 3 is 2.83 bits per heavy atom. The number of fused-ring (bicyclic) bond motifs is 1. The van der Waals surface area contributed by atoms with Gasteiger partial charge >= 0.3 is 0 Å². The summed E-state index contributed by atoms with van der Waals surface area (Å²) >= 11 is 0. The van der Waals surface area contributed by atoms with Crippen LogP contribution in [0.3, 0.4) is 0 Å². The van der Waals surface area contributed by atoms with Crippen LogP contribution < -0.4 is 0 Å². The first-order valence-electron chi connectivity index (χ1n) is 6.03. The maximum absolute atomic E-state index is 9.11. The summed E-state index contributed by atoms with van der Waals surface area (Å²) in [6.07, 6.45) is 5.84. The average molecular weight is 241 g/mol. The van der Waals surface area contributed by atoms with E-state index in [4.69, 9.17) is 5.11 Å². The fourth-order valence-electron chi connectivity index (χ4n) is 2.19. The Kier molecular flexibility index (Phi) is 2.86. The van der Waals surface area contributed by atoms with Gasteiger partial charge in [-0.25, -0.2) is 0 Å². The smallest absolute Gasteiger partial charge is 0.0682 e. The highest BCUT2D eigenvalue weighted by Crippen LogP contribution is 2.17. The quantitative estimate of drug-likeness (QED) is 0.759. The third-order valence-corrected chi connectivity index (χ3v) is 3.15. The first-order chi connectivity index (χ1) is 8.86. The number of hydrogen-bond acceptors (Lipinski definition) is 2. The molecule has 3 rings (SSSR count). The minimum absolute atomic E-state index is 0.0917. The van der Waals surface area contributed by atoms with Gasteiger partial charge in [0.2, 0.25) is 0 Å². The largest absolute Gasteiger partial charge is 0.392 e. The molecule has 1 N–H and O–H groups in total. The van der Waals surface area contributed by atoms with E-state index in [0.717, 1.165) is 18.7 Å². The third-order valence-electron chi connectivity index (χ3n) is 3.15. The van der Waals surface area contributed by atoms with Crippen molar-refractivity contribution in [1.29, 1.82) is 0 Å². The van der Waals surface area contributed by atoms with Gasteiger partial charge in [0, 0.05) is 30.7 Å². The van der Waals surface area contributed by atoms with Gasteiger partial charge in [0.25, 0.3) is 0 Å². The van der Waals surface area contributed by atoms with E-state index < -0.39 is 0 Å². The number of aromatic nitrogens is 3. The molecule has 0 saturated heterocycles. The summed E-state index contributed by atoms with van der Waals surface area (Å²) in [6, 6.07) is 10.1. The summed E-state index contributed by atoms with van der Waals surface area (Å²) in [5.41, 5.74) is 2.15. The summed E-state index contributed by atoms with van der Waals surface area (Å²) in [6.45, 7) is 1.84. The number of rotatable bonds is 4. The van der Waals surface area contributed by atoms with Crippen molar-refractivity contribution in [3.8, 4) is 0 Å². The predicted molar refractivity (Wildman–Crippen MR) is 70.1 cm³/mol. The van der Waals surface area contributed by atoms with Crippen LogP contribution in [0.15, 0.2) is 48.9 Å². The summed E-state index contributed by atoms with van der Waals surface area (Å²) in [7, 11) is 0. The van der Waals surface area contributed by atoms with Crippen LogP contribution in [-0.2, 0) is 19.7 Å². The van der Waals surface area contributed by atoms with E-state index in [9.17, 15) is 0 Å². The zero-order chi connectivity index (χ0) is 12.4. The van der Waals surface area contributed by atoms with Crippen LogP contribution in [0, 0.1) is 0 Å². The van der Waals surface area contributed by atoms with Crippen LogP contribution in [-0.4, -0.2) is 19.5 Å². The molecular weight excluding hydrogens is 226 g/mol. The summed E-state index contributed by atoms with van der Waals surface area (Å²) in [5, 5.41) is 14.5. The molecule has 0 bridgehead atoms. The van der Waals surface area contributed by atoms with E-state index >= 15 is 0 Å². The Labute approximate surface area is 105 Å². The molecule has 0 radical (unpaired) electrons. The molecule has 4 nitrogen and oxygen atoms in total. The van der Waals surface area contributed by atoms with Gasteiger partial charge in [0.05, 0.1) is 13.2 Å². The van der Waals surface area contributed by atoms with Crippen molar-refractivity contribution >= 4 is 10.9 Å². The van der Waals surface area contributed by atoms with Gasteiger partial charge in [-0.15, -0.1) is 0 Å². The van der Waals surface area contributed by atoms with Gasteiger partial charge in [-0.2, -0.15) is 5.10 Å². The lowest BCUT2D eigenvalue weighted by atomic mass is 10.2. The van der Waals surface area contributed by atoms with E-state index in [-0.39, 0.29) is 6.61 Å². The van der Waals surface area contributed by atoms with Crippen LogP contribution in [0.25, 0.3) is 10.9 Å². The highest BCUT2D eigenvalue weighted by Gasteiger charge is 2.02. The molecule has 0 amide bonds. The van der Waals surface area contributed by atoms with Crippen LogP contribution in [0.5, 0.6) is 0 Å². The number of aryl methyl sites for hydroxylation is 2. The van der Waals surface area contributed by atoms with Crippen molar-refractivity contribution in [2.45, 2.75) is 19.7 Å². The van der Waals surface area contributed by atoms with Crippen molar-refractivity contribution in [2.24, 2.45) is 0 Å². The highest BCUT2D eigenvalue weighted by molar-refractivity contribution is 5.80. The van der Waals surface area contributed by atoms with Crippen molar-refractivity contribution in [1.82, 2.24) is 14.3 Å². The molecule has 18 heavy (non-hydrogen) atoms. The molecular formula is C14H15N3O. The molecule has 0 aliphatic heterocycles. The SMILES string of the molecule is OCc1ccc2c(ccn2CCn2cccn2)c1. The maximum Gasteiger partial charge on any atom is 0.0682 e. The highest BCUT2D eigenvalue weighted by atomic mass is 16.3. The Morgan fingerprint density at radius 1 is 1.11 bits per heavy atom. The van der Waals surface area contributed by atoms with Crippen LogP contribution in [0.1, 0.15) is 5.56 Å². The lowest BCUT2D eigenvalue weighted by molar-refractivity contribution is 0.282. The lowest BCUT2D eigenvalue weighted by Crippen LogP contribution is -2.06. The van der Waals surface area contributed by atoms with Gasteiger partial charge in [-0.1, -0.05) is 6.07 Å². The number of hydrogen-bond donors (Lipinski definition) is 1. The monoisotopic (exact) mass is 241 g/mol. The van der Waals surface area contributed by atoms with Crippen LogP contribution in [0.2, 0.25) is 0 Å². The Morgan fingerprint density at radius 2 is 2.06 bits per heavy atom. The second-order valence-corrected chi connectivity index (χ2v) is 4.33. The molecule has 1 aromatic carbocycles. The molecule has 92 valence electrons. The normalized spacial score (nSPS) is 11.2. The summed E-state index contributed by atoms with van der Waals surface area (Å²) < 4.78 is 4.13. The molecule has 0 atom stereocenters. The summed E-state index contributed by atoms with van der Waals surface area (Å²) in [4.78, 5) is 0. The molecule has 3 aromatic rings. The van der Waals surface area contributed by atoms with E-state index in [1.165, 1.54) is 10.9 Å². The van der Waals surface area contributed by atoms with Gasteiger partial charge in [-0.3, -0.25) is 4.68 Å². The molecule has 0 aliphatic carbocycles. The average Bonchev–Trinajstić information content (AvgIpc) is 3.05. The van der Waals surface area contributed by atoms with Crippen molar-refractivity contribution in [3.63, 3.8) is 0 Å². The summed E-state index contributed by atoms with van der Waals surface area (Å²) in [5.74, 6) is 0. The third kappa shape index (κ3) is 2.02. The second-order valence-electron chi connectivity index (χ2n) is 4.33. The number of aliphatic hydroxyl groups is 1. The number of nitrogens with zero attached hydrogens (tertiary/aromatic N) is 3. The topological polar surface area (TPSA) is 43.0 Å². The molecule has 0 fully saturated rings. The first-order valence-corrected chi connectivity index (χ1v) is 6.03. The molecule has 2 aromatic heterocycles. The lowest BCUT2D eigenvalue weighted by Gasteiger charge is -2.06. The predicted octanol–water partition coefficient (Wildman–Crippen LogP) is 2.03. The van der Waals surface area contributed by atoms with Crippen molar-refractivity contribution in [3.05, 3.63) is 54.5 Å². The minimum Gasteiger partial charge on any atom is -0.392 e. The molecule has 0 unspecified atom stereocenters. The van der Waals surface area contributed by atoms with E-state index in [2.05, 4.69) is 28.0 Å². The Hall–Kier alpha value is -2.07. The second kappa shape index (κ2) is 4.66. The van der Waals surface area contributed by atoms with E-state index in [1.54, 1.807) is 6.20 Å². The fourth-order valence-corrected chi connectivity index (χ4v) is 2.19. The Bertz CT molecular complexity index is 640. The van der Waals surface area contributed by atoms with Crippen molar-refractivity contribution < 1.29 is 5.11 Å². The first kappa shape index (κ1) is 11.0. The molecule has 0 saturated carbocycles. The van der Waals surface area contributed by atoms with E-state index in [0.29, 0.717) is 0 Å². The number of benzene rings is 1. The van der Waals surface area contributed by atoms with Gasteiger partial charge in [-0.05, 0) is 35.2 Å². The number of aliphatic hydroxyl groups excluding tert-OH is 1. The molecule has 0 spiro atoms. The molecule has 2 heterocycles. The van der Waals surface area contributed by atoms with Gasteiger partial charge in [0.15, 0.2) is 0 Å². The fraction of sp³-hybridized carbons (Fsp3) is 0.214. The zero-order valence-electron chi connectivity index (χ0n) is 10.0. The molecule has 4 heteroatoms. The maximum atomic E-state index is 9.11. The standard InChI is InChI=1S/C14H15N3O/c18-11-12-2-3-14-13(10-12)4-7-16(14)8-9-17-6-1-5-15-17/h1-7,10,18H,8-9,11H2. The van der Waals surface area contributed by atoms with E-state index in [1.807, 2.05) is 29.1 Å². The van der Waals surface area contributed by atoms with Crippen molar-refractivity contribution in [2.75, 3.05) is 0 Å². The zero-order valence-corrected chi connectivity index (χ0v) is 10.0. The van der Waals surface area contributed by atoms with Gasteiger partial charge < -0.3 is 9.67 Å². The van der Waals surface area contributed by atoms with Gasteiger partial charge in [0.1, 0.15) is 0 Å². The minimum atomic E-state index is 0.0917. The van der Waals surface area contributed by atoms with Crippen LogP contribution in [0.4, 0.5) is 0 Å². The van der Waals surface area contributed by atoms with Crippen LogP contribution >= 0.6 is 0 Å². The molecule has 0 aliphatic rings. The Balaban J connectivity index is 1.84.